The van der Waals surface area contributed by atoms with Crippen molar-refractivity contribution in [3.05, 3.63) is 64.9 Å². The molecule has 2 heterocycles. The molecule has 2 unspecified atom stereocenters. The van der Waals surface area contributed by atoms with E-state index in [0.29, 0.717) is 12.3 Å². The van der Waals surface area contributed by atoms with E-state index in [1.807, 2.05) is 13.0 Å². The lowest BCUT2D eigenvalue weighted by Crippen LogP contribution is -2.67. The molecule has 0 spiro atoms. The lowest BCUT2D eigenvalue weighted by molar-refractivity contribution is -0.185. The minimum atomic E-state index is -1.02. The van der Waals surface area contributed by atoms with Crippen LogP contribution >= 0.6 is 0 Å². The Morgan fingerprint density at radius 3 is 2.65 bits per heavy atom. The predicted molar refractivity (Wildman–Crippen MR) is 150 cm³/mol. The maximum Gasteiger partial charge on any atom is 0.108 e. The summed E-state index contributed by atoms with van der Waals surface area (Å²) in [5, 5.41) is 24.9. The first-order chi connectivity index (χ1) is 17.3. The zero-order chi connectivity index (χ0) is 26.5. The summed E-state index contributed by atoms with van der Waals surface area (Å²) in [6.07, 6.45) is 9.57. The number of H-pyrrole nitrogens is 1. The van der Waals surface area contributed by atoms with E-state index < -0.39 is 17.8 Å². The fourth-order valence-electron chi connectivity index (χ4n) is 8.43. The second-order valence-electron chi connectivity index (χ2n) is 13.8. The van der Waals surface area contributed by atoms with Crippen molar-refractivity contribution in [1.82, 2.24) is 4.98 Å². The van der Waals surface area contributed by atoms with E-state index in [2.05, 4.69) is 76.5 Å². The van der Waals surface area contributed by atoms with Gasteiger partial charge < -0.3 is 19.9 Å². The Balaban J connectivity index is 1.49. The van der Waals surface area contributed by atoms with Crippen LogP contribution in [0.4, 0.5) is 0 Å². The Kier molecular flexibility index (Phi) is 5.40. The van der Waals surface area contributed by atoms with E-state index >= 15 is 0 Å². The van der Waals surface area contributed by atoms with Crippen molar-refractivity contribution >= 4 is 17.0 Å². The van der Waals surface area contributed by atoms with Crippen LogP contribution in [0.2, 0.25) is 0 Å². The smallest absolute Gasteiger partial charge is 0.108 e. The molecule has 4 heteroatoms. The molecule has 0 radical (unpaired) electrons. The van der Waals surface area contributed by atoms with Crippen LogP contribution in [0, 0.1) is 16.7 Å². The third-order valence-electron chi connectivity index (χ3n) is 10.6. The number of aromatic amines is 1. The normalized spacial score (nSPS) is 39.2. The quantitative estimate of drug-likeness (QED) is 0.406. The van der Waals surface area contributed by atoms with E-state index in [1.165, 1.54) is 27.7 Å². The molecule has 2 aromatic rings. The van der Waals surface area contributed by atoms with Gasteiger partial charge in [-0.05, 0) is 84.8 Å². The molecule has 2 fully saturated rings. The molecular formula is C33H43NO3. The third kappa shape index (κ3) is 3.31. The van der Waals surface area contributed by atoms with Gasteiger partial charge in [0, 0.05) is 27.4 Å². The summed E-state index contributed by atoms with van der Waals surface area (Å²) >= 11 is 0. The number of hydrogen-bond donors (Lipinski definition) is 3. The van der Waals surface area contributed by atoms with Crippen LogP contribution in [0.3, 0.4) is 0 Å². The second kappa shape index (κ2) is 7.94. The predicted octanol–water partition coefficient (Wildman–Crippen LogP) is 6.61. The van der Waals surface area contributed by atoms with Crippen LogP contribution < -0.4 is 0 Å². The minimum Gasteiger partial charge on any atom is -0.386 e. The molecule has 0 bridgehead atoms. The lowest BCUT2D eigenvalue weighted by atomic mass is 9.42. The zero-order valence-electron chi connectivity index (χ0n) is 23.3. The van der Waals surface area contributed by atoms with Gasteiger partial charge in [0.1, 0.15) is 12.2 Å². The van der Waals surface area contributed by atoms with Gasteiger partial charge in [0.15, 0.2) is 0 Å². The number of aliphatic hydroxyl groups is 2. The topological polar surface area (TPSA) is 65.5 Å². The van der Waals surface area contributed by atoms with Gasteiger partial charge in [0.05, 0.1) is 11.7 Å². The van der Waals surface area contributed by atoms with Gasteiger partial charge in [0.25, 0.3) is 0 Å². The van der Waals surface area contributed by atoms with Crippen LogP contribution in [-0.4, -0.2) is 39.1 Å². The number of aliphatic hydroxyl groups excluding tert-OH is 1. The minimum absolute atomic E-state index is 0.119. The molecule has 1 aromatic carbocycles. The molecule has 7 atom stereocenters. The molecule has 4 nitrogen and oxygen atoms in total. The Labute approximate surface area is 221 Å². The van der Waals surface area contributed by atoms with Crippen LogP contribution in [-0.2, 0) is 16.6 Å². The Morgan fingerprint density at radius 1 is 1.19 bits per heavy atom. The van der Waals surface area contributed by atoms with Gasteiger partial charge >= 0.3 is 0 Å². The van der Waals surface area contributed by atoms with Gasteiger partial charge in [-0.15, -0.1) is 0 Å². The van der Waals surface area contributed by atoms with Crippen LogP contribution in [0.15, 0.2) is 48.1 Å². The van der Waals surface area contributed by atoms with Crippen molar-refractivity contribution in [2.24, 2.45) is 16.7 Å². The van der Waals surface area contributed by atoms with Crippen molar-refractivity contribution in [2.45, 2.75) is 103 Å². The van der Waals surface area contributed by atoms with Crippen molar-refractivity contribution in [1.29, 1.82) is 0 Å². The first kappa shape index (κ1) is 25.2. The number of fused-ring (bicyclic) bond motifs is 9. The van der Waals surface area contributed by atoms with Crippen molar-refractivity contribution in [3.8, 4) is 0 Å². The lowest BCUT2D eigenvalue weighted by Gasteiger charge is -2.65. The number of rotatable bonds is 2. The average molecular weight is 502 g/mol. The van der Waals surface area contributed by atoms with Gasteiger partial charge in [-0.2, -0.15) is 0 Å². The monoisotopic (exact) mass is 501 g/mol. The van der Waals surface area contributed by atoms with Crippen LogP contribution in [0.5, 0.6) is 0 Å². The second-order valence-corrected chi connectivity index (χ2v) is 13.8. The first-order valence-electron chi connectivity index (χ1n) is 14.1. The van der Waals surface area contributed by atoms with Crippen molar-refractivity contribution in [3.63, 3.8) is 0 Å². The van der Waals surface area contributed by atoms with Gasteiger partial charge in [-0.3, -0.25) is 0 Å². The molecule has 1 aromatic heterocycles. The molecule has 3 aliphatic carbocycles. The SMILES string of the molecule is C=C(C)[C@H]1OC2CC[C@@]3(C)[C@@](O)(CC[C@H]4Cc5c([nH]c6cccc(/C=C/C(C)(C)C)c56)[C@@]43C)C2=CC1O. The summed E-state index contributed by atoms with van der Waals surface area (Å²) in [4.78, 5) is 3.87. The molecule has 37 heavy (non-hydrogen) atoms. The molecule has 2 saturated carbocycles. The summed E-state index contributed by atoms with van der Waals surface area (Å²) in [7, 11) is 0. The fourth-order valence-corrected chi connectivity index (χ4v) is 8.43. The van der Waals surface area contributed by atoms with Gasteiger partial charge in [-0.25, -0.2) is 0 Å². The number of aromatic nitrogens is 1. The van der Waals surface area contributed by atoms with E-state index in [-0.39, 0.29) is 22.3 Å². The summed E-state index contributed by atoms with van der Waals surface area (Å²) < 4.78 is 6.36. The highest BCUT2D eigenvalue weighted by molar-refractivity contribution is 5.93. The fraction of sp³-hybridized carbons (Fsp3) is 0.576. The summed E-state index contributed by atoms with van der Waals surface area (Å²) in [6.45, 7) is 17.3. The van der Waals surface area contributed by atoms with E-state index in [4.69, 9.17) is 4.74 Å². The maximum absolute atomic E-state index is 12.6. The number of benzene rings is 1. The van der Waals surface area contributed by atoms with E-state index in [1.54, 1.807) is 0 Å². The molecule has 4 aliphatic rings. The van der Waals surface area contributed by atoms with E-state index in [0.717, 1.165) is 36.8 Å². The first-order valence-corrected chi connectivity index (χ1v) is 14.1. The molecule has 0 amide bonds. The standard InChI is InChI=1S/C33H43NO3/c1-19(2)28-25(35)18-23-26(37-28)13-15-31(6)32(7)21(12-16-33(23,31)36)17-22-27-20(11-14-30(3,4)5)9-8-10-24(27)34-29(22)32/h8-11,14,18,21,25-26,28,34-36H,1,12-13,15-17H2,2-7H3/b14-11+/t21-,25?,26?,28+,31+,32+,33+/m0/s1. The zero-order valence-corrected chi connectivity index (χ0v) is 23.3. The number of hydrogen-bond acceptors (Lipinski definition) is 3. The highest BCUT2D eigenvalue weighted by Gasteiger charge is 2.69. The van der Waals surface area contributed by atoms with Gasteiger partial charge in [0.2, 0.25) is 0 Å². The average Bonchev–Trinajstić information content (AvgIpc) is 3.33. The van der Waals surface area contributed by atoms with E-state index in [9.17, 15) is 10.2 Å². The highest BCUT2D eigenvalue weighted by atomic mass is 16.5. The number of allylic oxidation sites excluding steroid dienone is 1. The summed E-state index contributed by atoms with van der Waals surface area (Å²) in [5.41, 5.74) is 5.43. The van der Waals surface area contributed by atoms with Crippen LogP contribution in [0.25, 0.3) is 17.0 Å². The van der Waals surface area contributed by atoms with Gasteiger partial charge in [-0.1, -0.05) is 65.5 Å². The van der Waals surface area contributed by atoms with Crippen LogP contribution in [0.1, 0.15) is 84.0 Å². The third-order valence-corrected chi connectivity index (χ3v) is 10.6. The molecule has 6 rings (SSSR count). The molecule has 0 saturated heterocycles. The maximum atomic E-state index is 12.6. The number of nitrogens with one attached hydrogen (secondary N) is 1. The Bertz CT molecular complexity index is 1340. The summed E-state index contributed by atoms with van der Waals surface area (Å²) in [6, 6.07) is 6.57. The van der Waals surface area contributed by atoms with Crippen molar-refractivity contribution < 1.29 is 14.9 Å². The molecular weight excluding hydrogens is 458 g/mol. The largest absolute Gasteiger partial charge is 0.386 e. The molecule has 3 N–H and O–H groups in total. The molecule has 1 aliphatic heterocycles. The Hall–Kier alpha value is -2.14. The number of ether oxygens (including phenoxy) is 1. The molecule has 198 valence electrons. The highest BCUT2D eigenvalue weighted by Crippen LogP contribution is 2.69. The Morgan fingerprint density at radius 2 is 1.95 bits per heavy atom. The summed E-state index contributed by atoms with van der Waals surface area (Å²) in [5.74, 6) is 0.470. The van der Waals surface area contributed by atoms with Crippen molar-refractivity contribution in [2.75, 3.05) is 0 Å².